The average Bonchev–Trinajstić information content (AvgIpc) is 2.88. The van der Waals surface area contributed by atoms with Crippen molar-refractivity contribution in [3.8, 4) is 6.07 Å². The number of rotatable bonds is 5. The average molecular weight is 285 g/mol. The van der Waals surface area contributed by atoms with Gasteiger partial charge in [0.2, 0.25) is 0 Å². The van der Waals surface area contributed by atoms with Gasteiger partial charge in [-0.1, -0.05) is 26.0 Å². The summed E-state index contributed by atoms with van der Waals surface area (Å²) in [6, 6.07) is 9.14. The summed E-state index contributed by atoms with van der Waals surface area (Å²) in [5.41, 5.74) is 1.43. The summed E-state index contributed by atoms with van der Waals surface area (Å²) in [6.07, 6.45) is 0. The highest BCUT2D eigenvalue weighted by atomic mass is 16.5. The molecule has 0 aliphatic heterocycles. The summed E-state index contributed by atoms with van der Waals surface area (Å²) < 4.78 is 4.86. The molecule has 6 heteroatoms. The maximum Gasteiger partial charge on any atom is 0.308 e. The Hall–Kier alpha value is -2.68. The summed E-state index contributed by atoms with van der Waals surface area (Å²) >= 11 is 0. The highest BCUT2D eigenvalue weighted by Crippen LogP contribution is 2.18. The standard InChI is InChI=1S/C15H15N3O3/c1-9(2)15(20)21-8-13(19)10(7-16)14-17-11-5-3-4-6-12(11)18-14/h3-6,9-10H,8H2,1-2H3,(H,17,18). The van der Waals surface area contributed by atoms with Crippen LogP contribution in [-0.4, -0.2) is 28.3 Å². The molecular weight excluding hydrogens is 270 g/mol. The minimum Gasteiger partial charge on any atom is -0.457 e. The fourth-order valence-corrected chi connectivity index (χ4v) is 1.79. The maximum atomic E-state index is 12.0. The second-order valence-electron chi connectivity index (χ2n) is 4.93. The van der Waals surface area contributed by atoms with E-state index in [1.54, 1.807) is 19.9 Å². The minimum absolute atomic E-state index is 0.268. The van der Waals surface area contributed by atoms with Gasteiger partial charge in [-0.2, -0.15) is 5.26 Å². The summed E-state index contributed by atoms with van der Waals surface area (Å²) in [5.74, 6) is -2.08. The number of benzene rings is 1. The summed E-state index contributed by atoms with van der Waals surface area (Å²) in [6.45, 7) is 2.92. The number of carbonyl (C=O) groups excluding carboxylic acids is 2. The van der Waals surface area contributed by atoms with Crippen LogP contribution < -0.4 is 0 Å². The number of ether oxygens (including phenoxy) is 1. The Kier molecular flexibility index (Phi) is 4.33. The molecule has 2 aromatic rings. The Bertz CT molecular complexity index is 679. The Labute approximate surface area is 121 Å². The zero-order chi connectivity index (χ0) is 15.4. The molecule has 21 heavy (non-hydrogen) atoms. The van der Waals surface area contributed by atoms with Crippen molar-refractivity contribution in [1.82, 2.24) is 9.97 Å². The van der Waals surface area contributed by atoms with Gasteiger partial charge in [0.1, 0.15) is 5.82 Å². The van der Waals surface area contributed by atoms with E-state index in [9.17, 15) is 14.9 Å². The zero-order valence-corrected chi connectivity index (χ0v) is 11.8. The number of aromatic amines is 1. The van der Waals surface area contributed by atoms with Crippen LogP contribution in [0.3, 0.4) is 0 Å². The number of esters is 1. The lowest BCUT2D eigenvalue weighted by Gasteiger charge is -2.08. The number of imidazole rings is 1. The largest absolute Gasteiger partial charge is 0.457 e. The van der Waals surface area contributed by atoms with E-state index in [0.29, 0.717) is 5.52 Å². The van der Waals surface area contributed by atoms with Crippen LogP contribution in [0.25, 0.3) is 11.0 Å². The first-order valence-corrected chi connectivity index (χ1v) is 6.56. The molecule has 0 fully saturated rings. The number of hydrogen-bond donors (Lipinski definition) is 1. The highest BCUT2D eigenvalue weighted by molar-refractivity contribution is 5.91. The smallest absolute Gasteiger partial charge is 0.308 e. The van der Waals surface area contributed by atoms with Crippen molar-refractivity contribution in [2.75, 3.05) is 6.61 Å². The number of aromatic nitrogens is 2. The van der Waals surface area contributed by atoms with Gasteiger partial charge in [0, 0.05) is 0 Å². The van der Waals surface area contributed by atoms with Gasteiger partial charge >= 0.3 is 5.97 Å². The van der Waals surface area contributed by atoms with E-state index in [2.05, 4.69) is 9.97 Å². The molecule has 2 rings (SSSR count). The van der Waals surface area contributed by atoms with Crippen molar-refractivity contribution >= 4 is 22.8 Å². The van der Waals surface area contributed by atoms with E-state index in [1.807, 2.05) is 24.3 Å². The number of Topliss-reactive ketones (excluding diaryl/α,β-unsaturated/α-hetero) is 1. The lowest BCUT2D eigenvalue weighted by molar-refractivity contribution is -0.151. The molecule has 6 nitrogen and oxygen atoms in total. The van der Waals surface area contributed by atoms with E-state index in [1.165, 1.54) is 0 Å². The number of H-pyrrole nitrogens is 1. The third-order valence-electron chi connectivity index (χ3n) is 2.96. The predicted octanol–water partition coefficient (Wildman–Crippen LogP) is 1.94. The fraction of sp³-hybridized carbons (Fsp3) is 0.333. The molecular formula is C15H15N3O3. The van der Waals surface area contributed by atoms with Gasteiger partial charge in [0.25, 0.3) is 0 Å². The Morgan fingerprint density at radius 2 is 2.10 bits per heavy atom. The second-order valence-corrected chi connectivity index (χ2v) is 4.93. The van der Waals surface area contributed by atoms with Crippen LogP contribution >= 0.6 is 0 Å². The molecule has 1 N–H and O–H groups in total. The number of nitrogens with zero attached hydrogens (tertiary/aromatic N) is 2. The predicted molar refractivity (Wildman–Crippen MR) is 75.3 cm³/mol. The molecule has 0 radical (unpaired) electrons. The molecule has 108 valence electrons. The SMILES string of the molecule is CC(C)C(=O)OCC(=O)C(C#N)c1nc2ccccc2[nH]1. The van der Waals surface area contributed by atoms with Crippen LogP contribution in [0.5, 0.6) is 0 Å². The molecule has 0 aliphatic carbocycles. The van der Waals surface area contributed by atoms with Crippen LogP contribution in [0.1, 0.15) is 25.6 Å². The third-order valence-corrected chi connectivity index (χ3v) is 2.96. The monoisotopic (exact) mass is 285 g/mol. The second kappa shape index (κ2) is 6.18. The first-order valence-electron chi connectivity index (χ1n) is 6.56. The van der Waals surface area contributed by atoms with Crippen LogP contribution in [0.4, 0.5) is 0 Å². The Morgan fingerprint density at radius 3 is 2.71 bits per heavy atom. The molecule has 1 heterocycles. The van der Waals surface area contributed by atoms with Crippen molar-refractivity contribution in [2.45, 2.75) is 19.8 Å². The molecule has 0 amide bonds. The van der Waals surface area contributed by atoms with Crippen LogP contribution in [-0.2, 0) is 14.3 Å². The van der Waals surface area contributed by atoms with E-state index < -0.39 is 24.3 Å². The third kappa shape index (κ3) is 3.26. The highest BCUT2D eigenvalue weighted by Gasteiger charge is 2.25. The number of nitriles is 1. The summed E-state index contributed by atoms with van der Waals surface area (Å²) in [7, 11) is 0. The fourth-order valence-electron chi connectivity index (χ4n) is 1.79. The van der Waals surface area contributed by atoms with Gasteiger partial charge in [-0.25, -0.2) is 4.98 Å². The molecule has 1 atom stereocenters. The Balaban J connectivity index is 2.14. The molecule has 1 unspecified atom stereocenters. The topological polar surface area (TPSA) is 95.8 Å². The first-order chi connectivity index (χ1) is 10.0. The lowest BCUT2D eigenvalue weighted by atomic mass is 10.1. The van der Waals surface area contributed by atoms with Gasteiger partial charge < -0.3 is 9.72 Å². The van der Waals surface area contributed by atoms with Crippen molar-refractivity contribution in [3.63, 3.8) is 0 Å². The van der Waals surface area contributed by atoms with Gasteiger partial charge in [-0.3, -0.25) is 9.59 Å². The molecule has 0 aliphatic rings. The Morgan fingerprint density at radius 1 is 1.38 bits per heavy atom. The van der Waals surface area contributed by atoms with E-state index in [4.69, 9.17) is 4.74 Å². The van der Waals surface area contributed by atoms with E-state index in [0.717, 1.165) is 5.52 Å². The van der Waals surface area contributed by atoms with Gasteiger partial charge in [0.05, 0.1) is 23.0 Å². The van der Waals surface area contributed by atoms with E-state index >= 15 is 0 Å². The van der Waals surface area contributed by atoms with Gasteiger partial charge in [0.15, 0.2) is 18.3 Å². The first kappa shape index (κ1) is 14.7. The molecule has 0 spiro atoms. The molecule has 0 bridgehead atoms. The number of carbonyl (C=O) groups is 2. The summed E-state index contributed by atoms with van der Waals surface area (Å²) in [4.78, 5) is 30.5. The van der Waals surface area contributed by atoms with Crippen molar-refractivity contribution in [1.29, 1.82) is 5.26 Å². The quantitative estimate of drug-likeness (QED) is 0.847. The van der Waals surface area contributed by atoms with Crippen molar-refractivity contribution in [2.24, 2.45) is 5.92 Å². The number of nitrogens with one attached hydrogen (secondary N) is 1. The van der Waals surface area contributed by atoms with Crippen LogP contribution in [0.15, 0.2) is 24.3 Å². The molecule has 1 aromatic carbocycles. The zero-order valence-electron chi connectivity index (χ0n) is 11.8. The number of hydrogen-bond acceptors (Lipinski definition) is 5. The number of ketones is 1. The molecule has 0 saturated carbocycles. The number of para-hydroxylation sites is 2. The van der Waals surface area contributed by atoms with Gasteiger partial charge in [-0.05, 0) is 12.1 Å². The normalized spacial score (nSPS) is 12.1. The molecule has 0 saturated heterocycles. The van der Waals surface area contributed by atoms with Crippen LogP contribution in [0.2, 0.25) is 0 Å². The van der Waals surface area contributed by atoms with Crippen LogP contribution in [0, 0.1) is 17.2 Å². The minimum atomic E-state index is -1.07. The summed E-state index contributed by atoms with van der Waals surface area (Å²) in [5, 5.41) is 9.18. The van der Waals surface area contributed by atoms with Gasteiger partial charge in [-0.15, -0.1) is 0 Å². The maximum absolute atomic E-state index is 12.0. The molecule has 1 aromatic heterocycles. The van der Waals surface area contributed by atoms with Crippen molar-refractivity contribution in [3.05, 3.63) is 30.1 Å². The number of fused-ring (bicyclic) bond motifs is 1. The van der Waals surface area contributed by atoms with E-state index in [-0.39, 0.29) is 11.7 Å². The lowest BCUT2D eigenvalue weighted by Crippen LogP contribution is -2.22. The van der Waals surface area contributed by atoms with Crippen molar-refractivity contribution < 1.29 is 14.3 Å².